The topological polar surface area (TPSA) is 83.6 Å². The lowest BCUT2D eigenvalue weighted by molar-refractivity contribution is -0.134. The second-order valence-corrected chi connectivity index (χ2v) is 7.99. The van der Waals surface area contributed by atoms with Gasteiger partial charge in [-0.05, 0) is 56.3 Å². The highest BCUT2D eigenvalue weighted by molar-refractivity contribution is 6.07. The Kier molecular flexibility index (Phi) is 5.99. The van der Waals surface area contributed by atoms with Gasteiger partial charge >= 0.3 is 6.03 Å². The van der Waals surface area contributed by atoms with Crippen molar-refractivity contribution in [1.29, 1.82) is 0 Å². The van der Waals surface area contributed by atoms with Crippen LogP contribution in [0.25, 0.3) is 0 Å². The molecule has 3 heterocycles. The first-order valence-corrected chi connectivity index (χ1v) is 10.5. The van der Waals surface area contributed by atoms with Gasteiger partial charge in [0.25, 0.3) is 5.91 Å². The molecule has 4 rings (SSSR count). The molecule has 1 aromatic carbocycles. The molecular weight excluding hydrogens is 380 g/mol. The predicted octanol–water partition coefficient (Wildman–Crippen LogP) is 2.51. The molecule has 30 heavy (non-hydrogen) atoms. The number of nitrogens with one attached hydrogen (secondary N) is 2. The number of urea groups is 1. The maximum absolute atomic E-state index is 13.7. The molecule has 0 radical (unpaired) electrons. The van der Waals surface area contributed by atoms with Gasteiger partial charge in [-0.3, -0.25) is 14.7 Å². The van der Waals surface area contributed by atoms with Gasteiger partial charge in [0, 0.05) is 12.3 Å². The first-order valence-electron chi connectivity index (χ1n) is 10.5. The lowest BCUT2D eigenvalue weighted by atomic mass is 9.74. The normalized spacial score (nSPS) is 22.2. The van der Waals surface area contributed by atoms with Crippen molar-refractivity contribution in [1.82, 2.24) is 20.5 Å². The molecule has 2 saturated heterocycles. The number of hydrogen-bond donors (Lipinski definition) is 2. The zero-order chi connectivity index (χ0) is 21.0. The number of piperidine rings is 1. The Bertz CT molecular complexity index is 898. The molecule has 2 N–H and O–H groups in total. The van der Waals surface area contributed by atoms with E-state index in [4.69, 9.17) is 4.74 Å². The number of methoxy groups -OCH3 is 1. The molecule has 0 spiro atoms. The van der Waals surface area contributed by atoms with Crippen LogP contribution in [0.15, 0.2) is 48.7 Å². The van der Waals surface area contributed by atoms with Gasteiger partial charge in [0.1, 0.15) is 11.3 Å². The monoisotopic (exact) mass is 408 g/mol. The standard InChI is InChI=1S/C23H28N4O3/c1-30-20-10-14-25-19(15-20)16-27-21(28)23(26-22(27)29,18-8-12-24-13-9-18)11-7-17-5-3-2-4-6-17/h2-6,10,14-15,18,24H,7-9,11-13,16H2,1H3,(H,26,29)/t23-/m1/s1. The molecule has 0 aliphatic carbocycles. The second-order valence-electron chi connectivity index (χ2n) is 7.99. The van der Waals surface area contributed by atoms with Crippen LogP contribution in [-0.2, 0) is 17.8 Å². The molecule has 2 aliphatic rings. The van der Waals surface area contributed by atoms with E-state index in [1.165, 1.54) is 10.5 Å². The highest BCUT2D eigenvalue weighted by atomic mass is 16.5. The molecule has 1 aromatic heterocycles. The fraction of sp³-hybridized carbons (Fsp3) is 0.435. The summed E-state index contributed by atoms with van der Waals surface area (Å²) < 4.78 is 5.25. The van der Waals surface area contributed by atoms with E-state index in [0.717, 1.165) is 32.4 Å². The molecule has 2 fully saturated rings. The fourth-order valence-corrected chi connectivity index (χ4v) is 4.57. The number of aryl methyl sites for hydroxylation is 1. The highest BCUT2D eigenvalue weighted by Crippen LogP contribution is 2.36. The van der Waals surface area contributed by atoms with E-state index in [1.807, 2.05) is 18.2 Å². The molecule has 2 aliphatic heterocycles. The Balaban J connectivity index is 1.59. The first-order chi connectivity index (χ1) is 14.6. The van der Waals surface area contributed by atoms with Crippen LogP contribution in [0, 0.1) is 5.92 Å². The minimum atomic E-state index is -0.867. The second kappa shape index (κ2) is 8.83. The summed E-state index contributed by atoms with van der Waals surface area (Å²) in [5, 5.41) is 6.46. The molecule has 2 aromatic rings. The maximum atomic E-state index is 13.7. The molecule has 7 heteroatoms. The largest absolute Gasteiger partial charge is 0.497 e. The van der Waals surface area contributed by atoms with Gasteiger partial charge in [-0.15, -0.1) is 0 Å². The van der Waals surface area contributed by atoms with E-state index < -0.39 is 5.54 Å². The Labute approximate surface area is 176 Å². The number of aromatic nitrogens is 1. The summed E-state index contributed by atoms with van der Waals surface area (Å²) in [4.78, 5) is 32.2. The number of ether oxygens (including phenoxy) is 1. The third kappa shape index (κ3) is 4.03. The van der Waals surface area contributed by atoms with Crippen molar-refractivity contribution < 1.29 is 14.3 Å². The third-order valence-electron chi connectivity index (χ3n) is 6.23. The van der Waals surface area contributed by atoms with Crippen molar-refractivity contribution in [2.24, 2.45) is 5.92 Å². The number of amides is 3. The molecule has 3 amide bonds. The Morgan fingerprint density at radius 1 is 1.17 bits per heavy atom. The van der Waals surface area contributed by atoms with Gasteiger partial charge in [-0.1, -0.05) is 30.3 Å². The zero-order valence-electron chi connectivity index (χ0n) is 17.3. The van der Waals surface area contributed by atoms with Crippen LogP contribution in [-0.4, -0.2) is 47.6 Å². The van der Waals surface area contributed by atoms with Crippen LogP contribution in [0.2, 0.25) is 0 Å². The van der Waals surface area contributed by atoms with Gasteiger partial charge in [0.2, 0.25) is 0 Å². The molecular formula is C23H28N4O3. The van der Waals surface area contributed by atoms with E-state index in [-0.39, 0.29) is 24.4 Å². The Morgan fingerprint density at radius 2 is 1.93 bits per heavy atom. The number of benzene rings is 1. The van der Waals surface area contributed by atoms with Gasteiger partial charge in [-0.2, -0.15) is 0 Å². The number of imide groups is 1. The van der Waals surface area contributed by atoms with Crippen LogP contribution in [0.5, 0.6) is 5.75 Å². The van der Waals surface area contributed by atoms with E-state index in [9.17, 15) is 9.59 Å². The fourth-order valence-electron chi connectivity index (χ4n) is 4.57. The van der Waals surface area contributed by atoms with E-state index >= 15 is 0 Å². The number of hydrogen-bond acceptors (Lipinski definition) is 5. The Hall–Kier alpha value is -2.93. The molecule has 0 bridgehead atoms. The van der Waals surface area contributed by atoms with Crippen LogP contribution >= 0.6 is 0 Å². The molecule has 0 saturated carbocycles. The minimum absolute atomic E-state index is 0.113. The van der Waals surface area contributed by atoms with Crippen LogP contribution in [0.3, 0.4) is 0 Å². The number of pyridine rings is 1. The van der Waals surface area contributed by atoms with Crippen molar-refractivity contribution in [3.8, 4) is 5.75 Å². The third-order valence-corrected chi connectivity index (χ3v) is 6.23. The number of carbonyl (C=O) groups excluding carboxylic acids is 2. The smallest absolute Gasteiger partial charge is 0.325 e. The van der Waals surface area contributed by atoms with Crippen LogP contribution in [0.4, 0.5) is 4.79 Å². The van der Waals surface area contributed by atoms with Crippen molar-refractivity contribution in [2.75, 3.05) is 20.2 Å². The van der Waals surface area contributed by atoms with Crippen LogP contribution in [0.1, 0.15) is 30.5 Å². The van der Waals surface area contributed by atoms with Crippen molar-refractivity contribution in [3.63, 3.8) is 0 Å². The summed E-state index contributed by atoms with van der Waals surface area (Å²) in [6, 6.07) is 13.3. The van der Waals surface area contributed by atoms with E-state index in [2.05, 4.69) is 27.8 Å². The molecule has 7 nitrogen and oxygen atoms in total. The first kappa shape index (κ1) is 20.3. The van der Waals surface area contributed by atoms with Gasteiger partial charge in [0.15, 0.2) is 0 Å². The predicted molar refractivity (Wildman–Crippen MR) is 113 cm³/mol. The number of rotatable bonds is 7. The SMILES string of the molecule is COc1ccnc(CN2C(=O)N[C@](CCc3ccccc3)(C3CCNCC3)C2=O)c1. The lowest BCUT2D eigenvalue weighted by Gasteiger charge is -2.38. The Morgan fingerprint density at radius 3 is 2.67 bits per heavy atom. The molecule has 1 atom stereocenters. The summed E-state index contributed by atoms with van der Waals surface area (Å²) in [6.07, 6.45) is 4.69. The lowest BCUT2D eigenvalue weighted by Crippen LogP contribution is -2.56. The summed E-state index contributed by atoms with van der Waals surface area (Å²) in [7, 11) is 1.58. The summed E-state index contributed by atoms with van der Waals surface area (Å²) in [5.41, 5.74) is 0.927. The highest BCUT2D eigenvalue weighted by Gasteiger charge is 2.55. The molecule has 0 unspecified atom stereocenters. The van der Waals surface area contributed by atoms with Gasteiger partial charge in [-0.25, -0.2) is 4.79 Å². The van der Waals surface area contributed by atoms with Crippen molar-refractivity contribution >= 4 is 11.9 Å². The van der Waals surface area contributed by atoms with Crippen molar-refractivity contribution in [2.45, 2.75) is 37.8 Å². The van der Waals surface area contributed by atoms with E-state index in [0.29, 0.717) is 17.9 Å². The maximum Gasteiger partial charge on any atom is 0.325 e. The average molecular weight is 409 g/mol. The number of carbonyl (C=O) groups is 2. The molecule has 158 valence electrons. The van der Waals surface area contributed by atoms with Crippen molar-refractivity contribution in [3.05, 3.63) is 59.9 Å². The zero-order valence-corrected chi connectivity index (χ0v) is 17.3. The number of nitrogens with zero attached hydrogens (tertiary/aromatic N) is 2. The minimum Gasteiger partial charge on any atom is -0.497 e. The van der Waals surface area contributed by atoms with Crippen LogP contribution < -0.4 is 15.4 Å². The van der Waals surface area contributed by atoms with Gasteiger partial charge < -0.3 is 15.4 Å². The summed E-state index contributed by atoms with van der Waals surface area (Å²) >= 11 is 0. The van der Waals surface area contributed by atoms with E-state index in [1.54, 1.807) is 25.4 Å². The quantitative estimate of drug-likeness (QED) is 0.688. The van der Waals surface area contributed by atoms with Gasteiger partial charge in [0.05, 0.1) is 19.3 Å². The summed E-state index contributed by atoms with van der Waals surface area (Å²) in [5.74, 6) is 0.628. The summed E-state index contributed by atoms with van der Waals surface area (Å²) in [6.45, 7) is 1.86. The average Bonchev–Trinajstić information content (AvgIpc) is 3.04.